The largest absolute Gasteiger partial charge is 0.399 e. The summed E-state index contributed by atoms with van der Waals surface area (Å²) < 4.78 is 0.819. The van der Waals surface area contributed by atoms with E-state index in [0.29, 0.717) is 17.8 Å². The highest BCUT2D eigenvalue weighted by molar-refractivity contribution is 9.10. The van der Waals surface area contributed by atoms with Crippen molar-refractivity contribution >= 4 is 33.2 Å². The van der Waals surface area contributed by atoms with Crippen LogP contribution in [-0.4, -0.2) is 5.91 Å². The van der Waals surface area contributed by atoms with Crippen molar-refractivity contribution in [1.82, 2.24) is 0 Å². The average Bonchev–Trinajstić information content (AvgIpc) is 2.34. The first-order valence-corrected chi connectivity index (χ1v) is 6.74. The van der Waals surface area contributed by atoms with Gasteiger partial charge < -0.3 is 11.1 Å². The quantitative estimate of drug-likeness (QED) is 0.851. The number of nitrogens with one attached hydrogen (secondary N) is 1. The van der Waals surface area contributed by atoms with Crippen molar-refractivity contribution in [3.8, 4) is 0 Å². The van der Waals surface area contributed by atoms with Crippen molar-refractivity contribution in [3.63, 3.8) is 0 Å². The fraction of sp³-hybridized carbons (Fsp3) is 0.133. The van der Waals surface area contributed by atoms with E-state index in [2.05, 4.69) is 21.2 Å². The van der Waals surface area contributed by atoms with Crippen molar-refractivity contribution in [3.05, 3.63) is 58.1 Å². The zero-order chi connectivity index (χ0) is 13.8. The van der Waals surface area contributed by atoms with Gasteiger partial charge in [0.05, 0.1) is 12.1 Å². The molecule has 0 aliphatic rings. The Balaban J connectivity index is 2.07. The van der Waals surface area contributed by atoms with E-state index < -0.39 is 0 Å². The monoisotopic (exact) mass is 318 g/mol. The highest BCUT2D eigenvalue weighted by Gasteiger charge is 2.07. The number of anilines is 2. The van der Waals surface area contributed by atoms with Gasteiger partial charge in [-0.05, 0) is 46.6 Å². The number of rotatable bonds is 3. The van der Waals surface area contributed by atoms with Gasteiger partial charge in [0.25, 0.3) is 0 Å². The van der Waals surface area contributed by atoms with E-state index in [1.54, 1.807) is 12.1 Å². The highest BCUT2D eigenvalue weighted by Crippen LogP contribution is 2.24. The van der Waals surface area contributed by atoms with E-state index in [1.165, 1.54) is 0 Å². The maximum absolute atomic E-state index is 12.0. The number of nitrogens with two attached hydrogens (primary N) is 1. The molecule has 0 atom stereocenters. The summed E-state index contributed by atoms with van der Waals surface area (Å²) in [7, 11) is 0. The van der Waals surface area contributed by atoms with Crippen LogP contribution in [-0.2, 0) is 11.2 Å². The van der Waals surface area contributed by atoms with Crippen LogP contribution >= 0.6 is 15.9 Å². The molecule has 0 fully saturated rings. The maximum Gasteiger partial charge on any atom is 0.228 e. The first-order chi connectivity index (χ1) is 9.04. The van der Waals surface area contributed by atoms with Crippen molar-refractivity contribution in [2.75, 3.05) is 11.1 Å². The predicted octanol–water partition coefficient (Wildman–Crippen LogP) is 3.52. The van der Waals surface area contributed by atoms with E-state index in [4.69, 9.17) is 5.73 Å². The Bertz CT molecular complexity index is 611. The van der Waals surface area contributed by atoms with Gasteiger partial charge in [0.1, 0.15) is 0 Å². The Hall–Kier alpha value is -1.81. The molecule has 0 heterocycles. The summed E-state index contributed by atoms with van der Waals surface area (Å²) in [5, 5.41) is 2.85. The number of halogens is 1. The minimum atomic E-state index is -0.0584. The summed E-state index contributed by atoms with van der Waals surface area (Å²) in [6, 6.07) is 13.2. The molecule has 0 spiro atoms. The SMILES string of the molecule is Cc1cccc(CC(=O)Nc2cc(N)ccc2Br)c1. The van der Waals surface area contributed by atoms with Gasteiger partial charge in [-0.2, -0.15) is 0 Å². The zero-order valence-electron chi connectivity index (χ0n) is 10.6. The van der Waals surface area contributed by atoms with Crippen LogP contribution in [0.25, 0.3) is 0 Å². The second kappa shape index (κ2) is 5.89. The second-order valence-corrected chi connectivity index (χ2v) is 5.31. The summed E-state index contributed by atoms with van der Waals surface area (Å²) in [6.45, 7) is 2.01. The number of carbonyl (C=O) groups is 1. The van der Waals surface area contributed by atoms with Crippen molar-refractivity contribution < 1.29 is 4.79 Å². The molecular formula is C15H15BrN2O. The third-order valence-electron chi connectivity index (χ3n) is 2.71. The van der Waals surface area contributed by atoms with Gasteiger partial charge in [-0.25, -0.2) is 0 Å². The van der Waals surface area contributed by atoms with Gasteiger partial charge in [-0.15, -0.1) is 0 Å². The Morgan fingerprint density at radius 1 is 1.26 bits per heavy atom. The first kappa shape index (κ1) is 13.6. The molecule has 0 unspecified atom stereocenters. The number of amides is 1. The fourth-order valence-electron chi connectivity index (χ4n) is 1.84. The van der Waals surface area contributed by atoms with Crippen LogP contribution in [0.5, 0.6) is 0 Å². The van der Waals surface area contributed by atoms with E-state index >= 15 is 0 Å². The lowest BCUT2D eigenvalue weighted by molar-refractivity contribution is -0.115. The molecule has 2 rings (SSSR count). The first-order valence-electron chi connectivity index (χ1n) is 5.95. The van der Waals surface area contributed by atoms with Crippen LogP contribution in [0.3, 0.4) is 0 Å². The average molecular weight is 319 g/mol. The highest BCUT2D eigenvalue weighted by atomic mass is 79.9. The molecule has 0 aromatic heterocycles. The summed E-state index contributed by atoms with van der Waals surface area (Å²) >= 11 is 3.39. The van der Waals surface area contributed by atoms with Crippen molar-refractivity contribution in [1.29, 1.82) is 0 Å². The molecule has 2 aromatic rings. The van der Waals surface area contributed by atoms with Gasteiger partial charge in [-0.1, -0.05) is 29.8 Å². The number of aryl methyl sites for hydroxylation is 1. The third-order valence-corrected chi connectivity index (χ3v) is 3.40. The van der Waals surface area contributed by atoms with Crippen LogP contribution in [0.2, 0.25) is 0 Å². The molecule has 0 bridgehead atoms. The molecule has 0 aliphatic carbocycles. The van der Waals surface area contributed by atoms with Crippen molar-refractivity contribution in [2.45, 2.75) is 13.3 Å². The molecule has 3 nitrogen and oxygen atoms in total. The zero-order valence-corrected chi connectivity index (χ0v) is 12.2. The van der Waals surface area contributed by atoms with Gasteiger partial charge in [0.2, 0.25) is 5.91 Å². The van der Waals surface area contributed by atoms with Crippen LogP contribution in [0.15, 0.2) is 46.9 Å². The number of hydrogen-bond donors (Lipinski definition) is 2. The van der Waals surface area contributed by atoms with E-state index in [-0.39, 0.29) is 5.91 Å². The number of benzene rings is 2. The summed E-state index contributed by atoms with van der Waals surface area (Å²) in [6.07, 6.45) is 0.350. The number of hydrogen-bond acceptors (Lipinski definition) is 2. The molecule has 0 saturated heterocycles. The van der Waals surface area contributed by atoms with E-state index in [9.17, 15) is 4.79 Å². The Morgan fingerprint density at radius 3 is 2.79 bits per heavy atom. The Labute approximate surface area is 121 Å². The Morgan fingerprint density at radius 2 is 2.05 bits per heavy atom. The Kier molecular flexibility index (Phi) is 4.22. The minimum absolute atomic E-state index is 0.0584. The van der Waals surface area contributed by atoms with Gasteiger partial charge in [-0.3, -0.25) is 4.79 Å². The molecule has 3 N–H and O–H groups in total. The standard InChI is InChI=1S/C15H15BrN2O/c1-10-3-2-4-11(7-10)8-15(19)18-14-9-12(17)5-6-13(14)16/h2-7,9H,8,17H2,1H3,(H,18,19). The molecule has 0 saturated carbocycles. The van der Waals surface area contributed by atoms with Gasteiger partial charge in [0.15, 0.2) is 0 Å². The summed E-state index contributed by atoms with van der Waals surface area (Å²) in [5.41, 5.74) is 9.16. The lowest BCUT2D eigenvalue weighted by Crippen LogP contribution is -2.15. The van der Waals surface area contributed by atoms with Crippen LogP contribution in [0.1, 0.15) is 11.1 Å². The lowest BCUT2D eigenvalue weighted by Gasteiger charge is -2.08. The third kappa shape index (κ3) is 3.83. The molecule has 98 valence electrons. The number of carbonyl (C=O) groups excluding carboxylic acids is 1. The molecule has 1 amide bonds. The fourth-order valence-corrected chi connectivity index (χ4v) is 2.19. The number of nitrogen functional groups attached to an aromatic ring is 1. The molecule has 2 aromatic carbocycles. The topological polar surface area (TPSA) is 55.1 Å². The van der Waals surface area contributed by atoms with Gasteiger partial charge in [0, 0.05) is 10.2 Å². The van der Waals surface area contributed by atoms with Crippen molar-refractivity contribution in [2.24, 2.45) is 0 Å². The smallest absolute Gasteiger partial charge is 0.228 e. The van der Waals surface area contributed by atoms with Gasteiger partial charge >= 0.3 is 0 Å². The molecule has 19 heavy (non-hydrogen) atoms. The van der Waals surface area contributed by atoms with Crippen LogP contribution in [0, 0.1) is 6.92 Å². The van der Waals surface area contributed by atoms with Crippen LogP contribution in [0.4, 0.5) is 11.4 Å². The second-order valence-electron chi connectivity index (χ2n) is 4.45. The predicted molar refractivity (Wildman–Crippen MR) is 82.1 cm³/mol. The normalized spacial score (nSPS) is 10.2. The lowest BCUT2D eigenvalue weighted by atomic mass is 10.1. The molecule has 0 aliphatic heterocycles. The summed E-state index contributed by atoms with van der Waals surface area (Å²) in [5.74, 6) is -0.0584. The maximum atomic E-state index is 12.0. The molecule has 0 radical (unpaired) electrons. The van der Waals surface area contributed by atoms with E-state index in [0.717, 1.165) is 15.6 Å². The summed E-state index contributed by atoms with van der Waals surface area (Å²) in [4.78, 5) is 12.0. The van der Waals surface area contributed by atoms with E-state index in [1.807, 2.05) is 37.3 Å². The van der Waals surface area contributed by atoms with Crippen LogP contribution < -0.4 is 11.1 Å². The molecular weight excluding hydrogens is 304 g/mol. The molecule has 4 heteroatoms. The minimum Gasteiger partial charge on any atom is -0.399 e.